The molecule has 3 nitrogen and oxygen atoms in total. The summed E-state index contributed by atoms with van der Waals surface area (Å²) in [5, 5.41) is 3.09. The van der Waals surface area contributed by atoms with E-state index in [1.54, 1.807) is 0 Å². The number of nitrogens with one attached hydrogen (secondary N) is 1. The Hall–Kier alpha value is -0.380. The van der Waals surface area contributed by atoms with Crippen LogP contribution in [0.5, 0.6) is 0 Å². The van der Waals surface area contributed by atoms with Crippen LogP contribution in [0.1, 0.15) is 13.8 Å². The van der Waals surface area contributed by atoms with Gasteiger partial charge in [0.25, 0.3) is 0 Å². The number of likely N-dealkylation sites (N-methyl/N-ethyl adjacent to an activating group) is 2. The maximum absolute atomic E-state index is 5.47. The van der Waals surface area contributed by atoms with Crippen LogP contribution in [0.3, 0.4) is 0 Å². The minimum Gasteiger partial charge on any atom is -0.377 e. The fourth-order valence-electron chi connectivity index (χ4n) is 1.21. The first-order valence-electron chi connectivity index (χ1n) is 5.17. The summed E-state index contributed by atoms with van der Waals surface area (Å²) in [7, 11) is 4.03. The van der Waals surface area contributed by atoms with Crippen LogP contribution in [0, 0.1) is 0 Å². The van der Waals surface area contributed by atoms with Crippen LogP contribution in [0.15, 0.2) is 12.2 Å². The van der Waals surface area contributed by atoms with E-state index in [0.717, 1.165) is 26.2 Å². The van der Waals surface area contributed by atoms with E-state index >= 15 is 0 Å². The summed E-state index contributed by atoms with van der Waals surface area (Å²) < 4.78 is 5.47. The van der Waals surface area contributed by atoms with Gasteiger partial charge in [-0.05, 0) is 33.5 Å². The van der Waals surface area contributed by atoms with Gasteiger partial charge < -0.3 is 15.0 Å². The Morgan fingerprint density at radius 1 is 1.50 bits per heavy atom. The van der Waals surface area contributed by atoms with Crippen molar-refractivity contribution >= 4 is 0 Å². The Bertz CT molecular complexity index is 157. The first-order valence-corrected chi connectivity index (χ1v) is 5.17. The normalized spacial score (nSPS) is 11.3. The Kier molecular flexibility index (Phi) is 7.76. The van der Waals surface area contributed by atoms with Crippen molar-refractivity contribution < 1.29 is 4.74 Å². The Morgan fingerprint density at radius 2 is 2.14 bits per heavy atom. The SMILES string of the molecule is C=C(CNC)CN(C)CCOC(C)C. The highest BCUT2D eigenvalue weighted by molar-refractivity contribution is 4.98. The predicted molar refractivity (Wildman–Crippen MR) is 61.7 cm³/mol. The van der Waals surface area contributed by atoms with Crippen LogP contribution in [0.4, 0.5) is 0 Å². The van der Waals surface area contributed by atoms with Crippen molar-refractivity contribution in [2.45, 2.75) is 20.0 Å². The molecule has 0 bridgehead atoms. The van der Waals surface area contributed by atoms with Crippen LogP contribution >= 0.6 is 0 Å². The molecule has 14 heavy (non-hydrogen) atoms. The molecule has 0 aromatic carbocycles. The van der Waals surface area contributed by atoms with E-state index in [4.69, 9.17) is 4.74 Å². The summed E-state index contributed by atoms with van der Waals surface area (Å²) >= 11 is 0. The largest absolute Gasteiger partial charge is 0.377 e. The highest BCUT2D eigenvalue weighted by atomic mass is 16.5. The molecular formula is C11H24N2O. The average Bonchev–Trinajstić information content (AvgIpc) is 2.03. The molecule has 0 heterocycles. The fraction of sp³-hybridized carbons (Fsp3) is 0.818. The second-order valence-corrected chi connectivity index (χ2v) is 3.94. The summed E-state index contributed by atoms with van der Waals surface area (Å²) in [6.07, 6.45) is 0.323. The first-order chi connectivity index (χ1) is 6.56. The third-order valence-corrected chi connectivity index (χ3v) is 1.84. The lowest BCUT2D eigenvalue weighted by Gasteiger charge is -2.18. The van der Waals surface area contributed by atoms with Crippen molar-refractivity contribution in [3.05, 3.63) is 12.2 Å². The van der Waals surface area contributed by atoms with Gasteiger partial charge in [0, 0.05) is 19.6 Å². The van der Waals surface area contributed by atoms with Gasteiger partial charge in [-0.1, -0.05) is 6.58 Å². The average molecular weight is 200 g/mol. The Labute approximate surface area is 88.1 Å². The van der Waals surface area contributed by atoms with E-state index in [2.05, 4.69) is 37.7 Å². The lowest BCUT2D eigenvalue weighted by Crippen LogP contribution is -2.28. The Morgan fingerprint density at radius 3 is 2.64 bits per heavy atom. The molecule has 0 aliphatic carbocycles. The highest BCUT2D eigenvalue weighted by Gasteiger charge is 2.01. The predicted octanol–water partition coefficient (Wildman–Crippen LogP) is 1.12. The molecule has 1 N–H and O–H groups in total. The molecule has 0 aliphatic heterocycles. The van der Waals surface area contributed by atoms with Crippen molar-refractivity contribution in [3.63, 3.8) is 0 Å². The summed E-state index contributed by atoms with van der Waals surface area (Å²) in [5.41, 5.74) is 1.21. The van der Waals surface area contributed by atoms with Crippen molar-refractivity contribution in [2.75, 3.05) is 40.3 Å². The molecule has 0 saturated carbocycles. The van der Waals surface area contributed by atoms with Crippen LogP contribution in [0.25, 0.3) is 0 Å². The molecule has 0 amide bonds. The first kappa shape index (κ1) is 13.6. The molecule has 0 unspecified atom stereocenters. The Balaban J connectivity index is 3.44. The van der Waals surface area contributed by atoms with Crippen LogP contribution < -0.4 is 5.32 Å². The third-order valence-electron chi connectivity index (χ3n) is 1.84. The fourth-order valence-corrected chi connectivity index (χ4v) is 1.21. The molecule has 0 aromatic rings. The quantitative estimate of drug-likeness (QED) is 0.594. The van der Waals surface area contributed by atoms with Crippen molar-refractivity contribution in [3.8, 4) is 0 Å². The topological polar surface area (TPSA) is 24.5 Å². The molecule has 0 aliphatic rings. The zero-order valence-corrected chi connectivity index (χ0v) is 9.97. The van der Waals surface area contributed by atoms with Crippen molar-refractivity contribution in [1.82, 2.24) is 10.2 Å². The maximum atomic E-state index is 5.47. The molecule has 0 atom stereocenters. The molecule has 0 saturated heterocycles. The summed E-state index contributed by atoms with van der Waals surface area (Å²) in [5.74, 6) is 0. The molecule has 0 radical (unpaired) electrons. The van der Waals surface area contributed by atoms with E-state index in [1.165, 1.54) is 5.57 Å². The molecule has 84 valence electrons. The van der Waals surface area contributed by atoms with Crippen LogP contribution in [-0.4, -0.2) is 51.3 Å². The molecule has 0 rings (SSSR count). The lowest BCUT2D eigenvalue weighted by molar-refractivity contribution is 0.0653. The zero-order chi connectivity index (χ0) is 11.0. The monoisotopic (exact) mass is 200 g/mol. The molecule has 3 heteroatoms. The molecule has 0 fully saturated rings. The van der Waals surface area contributed by atoms with Gasteiger partial charge in [0.1, 0.15) is 0 Å². The molecule has 0 aromatic heterocycles. The minimum absolute atomic E-state index is 0.323. The number of hydrogen-bond acceptors (Lipinski definition) is 3. The summed E-state index contributed by atoms with van der Waals surface area (Å²) in [6, 6.07) is 0. The highest BCUT2D eigenvalue weighted by Crippen LogP contribution is 1.94. The second-order valence-electron chi connectivity index (χ2n) is 3.94. The van der Waals surface area contributed by atoms with Crippen molar-refractivity contribution in [1.29, 1.82) is 0 Å². The number of rotatable bonds is 8. The van der Waals surface area contributed by atoms with Gasteiger partial charge >= 0.3 is 0 Å². The van der Waals surface area contributed by atoms with E-state index in [9.17, 15) is 0 Å². The maximum Gasteiger partial charge on any atom is 0.0596 e. The summed E-state index contributed by atoms with van der Waals surface area (Å²) in [6.45, 7) is 11.7. The number of ether oxygens (including phenoxy) is 1. The van der Waals surface area contributed by atoms with Crippen molar-refractivity contribution in [2.24, 2.45) is 0 Å². The number of nitrogens with zero attached hydrogens (tertiary/aromatic N) is 1. The van der Waals surface area contributed by atoms with Gasteiger partial charge in [-0.15, -0.1) is 0 Å². The number of hydrogen-bond donors (Lipinski definition) is 1. The zero-order valence-electron chi connectivity index (χ0n) is 9.97. The van der Waals surface area contributed by atoms with Crippen LogP contribution in [-0.2, 0) is 4.74 Å². The molecule has 0 spiro atoms. The van der Waals surface area contributed by atoms with Gasteiger partial charge in [-0.2, -0.15) is 0 Å². The van der Waals surface area contributed by atoms with E-state index in [0.29, 0.717) is 6.10 Å². The molecular weight excluding hydrogens is 176 g/mol. The van der Waals surface area contributed by atoms with Gasteiger partial charge in [-0.25, -0.2) is 0 Å². The standard InChI is InChI=1S/C11H24N2O/c1-10(2)14-7-6-13(5)9-11(3)8-12-4/h10,12H,3,6-9H2,1-2,4-5H3. The third kappa shape index (κ3) is 8.23. The summed E-state index contributed by atoms with van der Waals surface area (Å²) in [4.78, 5) is 2.22. The van der Waals surface area contributed by atoms with E-state index < -0.39 is 0 Å². The van der Waals surface area contributed by atoms with Gasteiger partial charge in [0.15, 0.2) is 0 Å². The minimum atomic E-state index is 0.323. The van der Waals surface area contributed by atoms with Crippen LogP contribution in [0.2, 0.25) is 0 Å². The second kappa shape index (κ2) is 7.97. The van der Waals surface area contributed by atoms with E-state index in [1.807, 2.05) is 7.05 Å². The van der Waals surface area contributed by atoms with Gasteiger partial charge in [0.2, 0.25) is 0 Å². The van der Waals surface area contributed by atoms with Gasteiger partial charge in [-0.3, -0.25) is 0 Å². The van der Waals surface area contributed by atoms with Gasteiger partial charge in [0.05, 0.1) is 12.7 Å². The lowest BCUT2D eigenvalue weighted by atomic mass is 10.3. The van der Waals surface area contributed by atoms with E-state index in [-0.39, 0.29) is 0 Å². The smallest absolute Gasteiger partial charge is 0.0596 e.